The quantitative estimate of drug-likeness (QED) is 0.834. The van der Waals surface area contributed by atoms with Gasteiger partial charge in [0.1, 0.15) is 11.6 Å². The summed E-state index contributed by atoms with van der Waals surface area (Å²) >= 11 is 0. The van der Waals surface area contributed by atoms with Gasteiger partial charge in [0.05, 0.1) is 12.3 Å². The van der Waals surface area contributed by atoms with E-state index in [0.717, 1.165) is 29.9 Å². The number of halogens is 1. The van der Waals surface area contributed by atoms with Crippen molar-refractivity contribution < 1.29 is 9.13 Å². The van der Waals surface area contributed by atoms with Gasteiger partial charge >= 0.3 is 0 Å². The minimum Gasteiger partial charge on any atom is -0.494 e. The Balaban J connectivity index is 1.97. The lowest BCUT2D eigenvalue weighted by molar-refractivity contribution is 0.317. The molecule has 2 aromatic carbocycles. The Hall–Kier alpha value is -2.03. The molecule has 2 nitrogen and oxygen atoms in total. The van der Waals surface area contributed by atoms with E-state index < -0.39 is 0 Å². The molecule has 3 heteroatoms. The van der Waals surface area contributed by atoms with Crippen LogP contribution < -0.4 is 10.1 Å². The Labute approximate surface area is 119 Å². The van der Waals surface area contributed by atoms with E-state index in [2.05, 4.69) is 12.2 Å². The summed E-state index contributed by atoms with van der Waals surface area (Å²) in [6.07, 6.45) is 0.996. The van der Waals surface area contributed by atoms with Crippen LogP contribution in [0.3, 0.4) is 0 Å². The molecule has 0 atom stereocenters. The van der Waals surface area contributed by atoms with E-state index in [1.54, 1.807) is 6.07 Å². The van der Waals surface area contributed by atoms with Gasteiger partial charge in [0.25, 0.3) is 0 Å². The molecule has 2 aromatic rings. The molecule has 2 rings (SSSR count). The Morgan fingerprint density at radius 3 is 2.50 bits per heavy atom. The minimum absolute atomic E-state index is 0.215. The maximum absolute atomic E-state index is 13.7. The smallest absolute Gasteiger partial charge is 0.146 e. The maximum Gasteiger partial charge on any atom is 0.146 e. The van der Waals surface area contributed by atoms with Gasteiger partial charge in [0.2, 0.25) is 0 Å². The van der Waals surface area contributed by atoms with Crippen molar-refractivity contribution in [2.24, 2.45) is 0 Å². The van der Waals surface area contributed by atoms with Crippen molar-refractivity contribution >= 4 is 5.69 Å². The van der Waals surface area contributed by atoms with E-state index in [0.29, 0.717) is 12.2 Å². The summed E-state index contributed by atoms with van der Waals surface area (Å²) in [4.78, 5) is 0. The van der Waals surface area contributed by atoms with Crippen LogP contribution in [-0.4, -0.2) is 6.61 Å². The summed E-state index contributed by atoms with van der Waals surface area (Å²) in [5.74, 6) is 0.658. The molecule has 0 aliphatic carbocycles. The number of para-hydroxylation sites is 1. The second kappa shape index (κ2) is 6.94. The van der Waals surface area contributed by atoms with Gasteiger partial charge in [-0.3, -0.25) is 0 Å². The third-order valence-corrected chi connectivity index (χ3v) is 3.09. The fourth-order valence-electron chi connectivity index (χ4n) is 1.97. The van der Waals surface area contributed by atoms with Crippen molar-refractivity contribution in [3.8, 4) is 5.75 Å². The van der Waals surface area contributed by atoms with Crippen LogP contribution >= 0.6 is 0 Å². The molecule has 0 aliphatic heterocycles. The molecule has 0 spiro atoms. The molecule has 20 heavy (non-hydrogen) atoms. The molecule has 0 bridgehead atoms. The fraction of sp³-hybridized carbons (Fsp3) is 0.294. The van der Waals surface area contributed by atoms with E-state index in [-0.39, 0.29) is 5.82 Å². The maximum atomic E-state index is 13.7. The average Bonchev–Trinajstić information content (AvgIpc) is 2.46. The van der Waals surface area contributed by atoms with E-state index in [1.807, 2.05) is 37.3 Å². The largest absolute Gasteiger partial charge is 0.494 e. The van der Waals surface area contributed by atoms with Crippen LogP contribution in [0.25, 0.3) is 0 Å². The lowest BCUT2D eigenvalue weighted by atomic mass is 10.1. The molecule has 0 aliphatic rings. The minimum atomic E-state index is -0.215. The zero-order valence-corrected chi connectivity index (χ0v) is 11.9. The Morgan fingerprint density at radius 2 is 1.85 bits per heavy atom. The highest BCUT2D eigenvalue weighted by atomic mass is 19.1. The Morgan fingerprint density at radius 1 is 1.10 bits per heavy atom. The second-order valence-electron chi connectivity index (χ2n) is 4.78. The normalized spacial score (nSPS) is 10.3. The first-order chi connectivity index (χ1) is 9.70. The van der Waals surface area contributed by atoms with Crippen LogP contribution in [0, 0.1) is 12.7 Å². The molecule has 1 N–H and O–H groups in total. The number of nitrogens with one attached hydrogen (secondary N) is 1. The van der Waals surface area contributed by atoms with Gasteiger partial charge in [0.15, 0.2) is 0 Å². The molecular formula is C17H20FNO. The molecule has 106 valence electrons. The van der Waals surface area contributed by atoms with E-state index in [9.17, 15) is 4.39 Å². The molecular weight excluding hydrogens is 253 g/mol. The summed E-state index contributed by atoms with van der Waals surface area (Å²) in [6, 6.07) is 13.0. The highest BCUT2D eigenvalue weighted by Gasteiger charge is 2.04. The van der Waals surface area contributed by atoms with Crippen LogP contribution in [0.2, 0.25) is 0 Å². The van der Waals surface area contributed by atoms with Crippen LogP contribution in [0.15, 0.2) is 42.5 Å². The number of aryl methyl sites for hydroxylation is 1. The van der Waals surface area contributed by atoms with E-state index >= 15 is 0 Å². The molecule has 0 amide bonds. The number of rotatable bonds is 6. The zero-order chi connectivity index (χ0) is 14.4. The van der Waals surface area contributed by atoms with Gasteiger partial charge in [-0.2, -0.15) is 0 Å². The topological polar surface area (TPSA) is 21.3 Å². The molecule has 0 aromatic heterocycles. The summed E-state index contributed by atoms with van der Waals surface area (Å²) in [7, 11) is 0. The SMILES string of the molecule is CCCOc1ccc(CNc2c(C)cccc2F)cc1. The summed E-state index contributed by atoms with van der Waals surface area (Å²) < 4.78 is 19.2. The fourth-order valence-corrected chi connectivity index (χ4v) is 1.97. The van der Waals surface area contributed by atoms with Crippen molar-refractivity contribution in [3.63, 3.8) is 0 Å². The second-order valence-corrected chi connectivity index (χ2v) is 4.78. The molecule has 0 radical (unpaired) electrons. The number of anilines is 1. The molecule has 0 fully saturated rings. The summed E-state index contributed by atoms with van der Waals surface area (Å²) in [6.45, 7) is 5.30. The molecule has 0 saturated heterocycles. The Bertz CT molecular complexity index is 531. The van der Waals surface area contributed by atoms with Gasteiger partial charge in [-0.25, -0.2) is 4.39 Å². The predicted octanol–water partition coefficient (Wildman–Crippen LogP) is 4.54. The van der Waals surface area contributed by atoms with Crippen molar-refractivity contribution in [1.82, 2.24) is 0 Å². The number of benzene rings is 2. The number of hydrogen-bond donors (Lipinski definition) is 1. The van der Waals surface area contributed by atoms with E-state index in [4.69, 9.17) is 4.74 Å². The van der Waals surface area contributed by atoms with Crippen LogP contribution in [-0.2, 0) is 6.54 Å². The van der Waals surface area contributed by atoms with Gasteiger partial charge in [0, 0.05) is 6.54 Å². The highest BCUT2D eigenvalue weighted by molar-refractivity contribution is 5.52. The van der Waals surface area contributed by atoms with Gasteiger partial charge in [-0.15, -0.1) is 0 Å². The van der Waals surface area contributed by atoms with Crippen LogP contribution in [0.1, 0.15) is 24.5 Å². The highest BCUT2D eigenvalue weighted by Crippen LogP contribution is 2.20. The molecule has 0 saturated carbocycles. The molecule has 0 heterocycles. The average molecular weight is 273 g/mol. The number of ether oxygens (including phenoxy) is 1. The van der Waals surface area contributed by atoms with Crippen molar-refractivity contribution in [3.05, 3.63) is 59.4 Å². The Kier molecular flexibility index (Phi) is 4.99. The lowest BCUT2D eigenvalue weighted by Gasteiger charge is -2.11. The monoisotopic (exact) mass is 273 g/mol. The first kappa shape index (κ1) is 14.4. The summed E-state index contributed by atoms with van der Waals surface area (Å²) in [5, 5.41) is 3.14. The lowest BCUT2D eigenvalue weighted by Crippen LogP contribution is -2.03. The van der Waals surface area contributed by atoms with Crippen molar-refractivity contribution in [1.29, 1.82) is 0 Å². The zero-order valence-electron chi connectivity index (χ0n) is 11.9. The van der Waals surface area contributed by atoms with Crippen molar-refractivity contribution in [2.75, 3.05) is 11.9 Å². The third-order valence-electron chi connectivity index (χ3n) is 3.09. The number of hydrogen-bond acceptors (Lipinski definition) is 2. The third kappa shape index (κ3) is 3.73. The predicted molar refractivity (Wildman–Crippen MR) is 80.7 cm³/mol. The standard InChI is InChI=1S/C17H20FNO/c1-3-11-20-15-9-7-14(8-10-15)12-19-17-13(2)5-4-6-16(17)18/h4-10,19H,3,11-12H2,1-2H3. The first-order valence-electron chi connectivity index (χ1n) is 6.91. The van der Waals surface area contributed by atoms with Gasteiger partial charge in [-0.05, 0) is 42.7 Å². The van der Waals surface area contributed by atoms with Crippen molar-refractivity contribution in [2.45, 2.75) is 26.8 Å². The van der Waals surface area contributed by atoms with Crippen LogP contribution in [0.5, 0.6) is 5.75 Å². The van der Waals surface area contributed by atoms with E-state index in [1.165, 1.54) is 6.07 Å². The van der Waals surface area contributed by atoms with Gasteiger partial charge in [-0.1, -0.05) is 31.2 Å². The van der Waals surface area contributed by atoms with Gasteiger partial charge < -0.3 is 10.1 Å². The van der Waals surface area contributed by atoms with Crippen LogP contribution in [0.4, 0.5) is 10.1 Å². The molecule has 0 unspecified atom stereocenters. The summed E-state index contributed by atoms with van der Waals surface area (Å²) in [5.41, 5.74) is 2.57. The first-order valence-corrected chi connectivity index (χ1v) is 6.91.